The van der Waals surface area contributed by atoms with Crippen LogP contribution in [0.3, 0.4) is 0 Å². The number of hydrogen-bond donors (Lipinski definition) is 0. The van der Waals surface area contributed by atoms with Crippen molar-refractivity contribution in [1.82, 2.24) is 4.90 Å². The predicted octanol–water partition coefficient (Wildman–Crippen LogP) is 1.58. The van der Waals surface area contributed by atoms with Gasteiger partial charge in [-0.2, -0.15) is 0 Å². The van der Waals surface area contributed by atoms with Gasteiger partial charge in [0.05, 0.1) is 6.61 Å². The van der Waals surface area contributed by atoms with Crippen LogP contribution in [0.2, 0.25) is 0 Å². The highest BCUT2D eigenvalue weighted by molar-refractivity contribution is 5.74. The molecule has 0 N–H and O–H groups in total. The summed E-state index contributed by atoms with van der Waals surface area (Å²) in [7, 11) is 1.64. The molecule has 0 bridgehead atoms. The molecule has 6 heteroatoms. The lowest BCUT2D eigenvalue weighted by Gasteiger charge is -2.24. The number of amides is 1. The molecule has 1 aliphatic heterocycles. The fraction of sp³-hybridized carbons (Fsp3) is 0.579. The number of benzene rings is 1. The fourth-order valence-corrected chi connectivity index (χ4v) is 3.06. The molecule has 25 heavy (non-hydrogen) atoms. The topological polar surface area (TPSA) is 78.9 Å². The Morgan fingerprint density at radius 3 is 2.60 bits per heavy atom. The van der Waals surface area contributed by atoms with E-state index in [4.69, 9.17) is 9.47 Å². The number of nitrogens with zero attached hydrogens (tertiary/aromatic N) is 1. The quantitative estimate of drug-likeness (QED) is 0.807. The van der Waals surface area contributed by atoms with E-state index in [1.54, 1.807) is 27.9 Å². The average Bonchev–Trinajstić information content (AvgIpc) is 2.97. The number of likely N-dealkylation sites (tertiary alicyclic amines) is 1. The van der Waals surface area contributed by atoms with Gasteiger partial charge in [0.25, 0.3) is 0 Å². The molecular weight excluding hydrogens is 322 g/mol. The van der Waals surface area contributed by atoms with Gasteiger partial charge in [-0.3, -0.25) is 0 Å². The molecule has 1 saturated heterocycles. The SMILES string of the molecule is COCCc1cccc([C@H]2CN(C(=O)OC(C)(C)C)C[C@@H]2C(=O)[O-])c1. The van der Waals surface area contributed by atoms with Crippen molar-refractivity contribution in [2.75, 3.05) is 26.8 Å². The van der Waals surface area contributed by atoms with E-state index in [1.807, 2.05) is 24.3 Å². The lowest BCUT2D eigenvalue weighted by molar-refractivity contribution is -0.311. The summed E-state index contributed by atoms with van der Waals surface area (Å²) in [6, 6.07) is 7.77. The number of hydrogen-bond acceptors (Lipinski definition) is 5. The van der Waals surface area contributed by atoms with Crippen LogP contribution in [0.4, 0.5) is 4.79 Å². The molecule has 1 aromatic carbocycles. The zero-order valence-electron chi connectivity index (χ0n) is 15.3. The summed E-state index contributed by atoms with van der Waals surface area (Å²) >= 11 is 0. The Labute approximate surface area is 148 Å². The van der Waals surface area contributed by atoms with Crippen LogP contribution in [0, 0.1) is 5.92 Å². The highest BCUT2D eigenvalue weighted by Crippen LogP contribution is 2.33. The highest BCUT2D eigenvalue weighted by atomic mass is 16.6. The molecule has 0 saturated carbocycles. The monoisotopic (exact) mass is 348 g/mol. The van der Waals surface area contributed by atoms with Crippen molar-refractivity contribution in [3.8, 4) is 0 Å². The third-order valence-electron chi connectivity index (χ3n) is 4.25. The Kier molecular flexibility index (Phi) is 6.06. The fourth-order valence-electron chi connectivity index (χ4n) is 3.06. The van der Waals surface area contributed by atoms with Crippen molar-refractivity contribution in [3.63, 3.8) is 0 Å². The molecule has 6 nitrogen and oxygen atoms in total. The van der Waals surface area contributed by atoms with Crippen LogP contribution in [0.25, 0.3) is 0 Å². The molecule has 0 aromatic heterocycles. The Hall–Kier alpha value is -2.08. The smallest absolute Gasteiger partial charge is 0.410 e. The zero-order chi connectivity index (χ0) is 18.6. The normalized spacial score (nSPS) is 20.6. The van der Waals surface area contributed by atoms with Gasteiger partial charge in [-0.25, -0.2) is 4.79 Å². The van der Waals surface area contributed by atoms with E-state index in [-0.39, 0.29) is 12.5 Å². The third-order valence-corrected chi connectivity index (χ3v) is 4.25. The van der Waals surface area contributed by atoms with Crippen molar-refractivity contribution in [3.05, 3.63) is 35.4 Å². The molecule has 0 aliphatic carbocycles. The summed E-state index contributed by atoms with van der Waals surface area (Å²) in [6.07, 6.45) is 0.264. The molecule has 2 rings (SSSR count). The second-order valence-corrected chi connectivity index (χ2v) is 7.41. The molecule has 0 radical (unpaired) electrons. The van der Waals surface area contributed by atoms with Gasteiger partial charge in [0.15, 0.2) is 0 Å². The predicted molar refractivity (Wildman–Crippen MR) is 91.1 cm³/mol. The van der Waals surface area contributed by atoms with Crippen molar-refractivity contribution in [2.45, 2.75) is 38.7 Å². The summed E-state index contributed by atoms with van der Waals surface area (Å²) in [5.41, 5.74) is 1.35. The summed E-state index contributed by atoms with van der Waals surface area (Å²) in [5.74, 6) is -2.19. The number of carbonyl (C=O) groups excluding carboxylic acids is 2. The first-order valence-electron chi connectivity index (χ1n) is 8.48. The van der Waals surface area contributed by atoms with E-state index >= 15 is 0 Å². The lowest BCUT2D eigenvalue weighted by atomic mass is 9.88. The summed E-state index contributed by atoms with van der Waals surface area (Å²) in [5, 5.41) is 11.6. The highest BCUT2D eigenvalue weighted by Gasteiger charge is 2.38. The standard InChI is InChI=1S/C19H27NO5/c1-19(2,3)25-18(23)20-11-15(16(12-20)17(21)22)14-7-5-6-13(10-14)8-9-24-4/h5-7,10,15-16H,8-9,11-12H2,1-4H3,(H,21,22)/p-1/t15-,16+/m1/s1. The van der Waals surface area contributed by atoms with Gasteiger partial charge < -0.3 is 24.3 Å². The van der Waals surface area contributed by atoms with Gasteiger partial charge in [0, 0.05) is 38.0 Å². The lowest BCUT2D eigenvalue weighted by Crippen LogP contribution is -2.38. The van der Waals surface area contributed by atoms with E-state index < -0.39 is 23.6 Å². The van der Waals surface area contributed by atoms with Crippen molar-refractivity contribution in [2.24, 2.45) is 5.92 Å². The van der Waals surface area contributed by atoms with Crippen LogP contribution in [0.15, 0.2) is 24.3 Å². The first-order chi connectivity index (χ1) is 11.7. The molecule has 1 fully saturated rings. The van der Waals surface area contributed by atoms with Crippen LogP contribution >= 0.6 is 0 Å². The molecular formula is C19H26NO5-. The number of carbonyl (C=O) groups is 2. The number of rotatable bonds is 5. The van der Waals surface area contributed by atoms with E-state index in [2.05, 4.69) is 0 Å². The summed E-state index contributed by atoms with van der Waals surface area (Å²) < 4.78 is 10.5. The van der Waals surface area contributed by atoms with E-state index in [0.29, 0.717) is 13.2 Å². The van der Waals surface area contributed by atoms with E-state index in [0.717, 1.165) is 17.5 Å². The number of carboxylic acids is 1. The summed E-state index contributed by atoms with van der Waals surface area (Å²) in [6.45, 7) is 6.36. The van der Waals surface area contributed by atoms with Crippen LogP contribution in [-0.4, -0.2) is 49.4 Å². The second kappa shape index (κ2) is 7.87. The molecule has 1 heterocycles. The number of carboxylic acid groups (broad SMARTS) is 1. The molecule has 1 aliphatic rings. The molecule has 1 amide bonds. The van der Waals surface area contributed by atoms with Gasteiger partial charge in [0.1, 0.15) is 5.60 Å². The number of methoxy groups -OCH3 is 1. The molecule has 1 aromatic rings. The van der Waals surface area contributed by atoms with E-state index in [9.17, 15) is 14.7 Å². The van der Waals surface area contributed by atoms with Gasteiger partial charge in [-0.1, -0.05) is 24.3 Å². The first kappa shape index (κ1) is 19.2. The van der Waals surface area contributed by atoms with Gasteiger partial charge in [0.2, 0.25) is 0 Å². The minimum Gasteiger partial charge on any atom is -0.550 e. The summed E-state index contributed by atoms with van der Waals surface area (Å²) in [4.78, 5) is 25.3. The average molecular weight is 348 g/mol. The van der Waals surface area contributed by atoms with Crippen molar-refractivity contribution in [1.29, 1.82) is 0 Å². The van der Waals surface area contributed by atoms with Crippen LogP contribution in [0.1, 0.15) is 37.8 Å². The van der Waals surface area contributed by atoms with Gasteiger partial charge in [-0.05, 0) is 38.3 Å². The van der Waals surface area contributed by atoms with Crippen LogP contribution in [0.5, 0.6) is 0 Å². The van der Waals surface area contributed by atoms with Crippen LogP contribution in [-0.2, 0) is 20.7 Å². The Bertz CT molecular complexity index is 622. The maximum atomic E-state index is 12.3. The largest absolute Gasteiger partial charge is 0.550 e. The zero-order valence-corrected chi connectivity index (χ0v) is 15.3. The maximum absolute atomic E-state index is 12.3. The van der Waals surface area contributed by atoms with E-state index in [1.165, 1.54) is 4.90 Å². The molecule has 0 spiro atoms. The van der Waals surface area contributed by atoms with Crippen LogP contribution < -0.4 is 5.11 Å². The molecule has 2 atom stereocenters. The second-order valence-electron chi connectivity index (χ2n) is 7.41. The number of ether oxygens (including phenoxy) is 2. The Morgan fingerprint density at radius 1 is 1.28 bits per heavy atom. The number of aliphatic carboxylic acids is 1. The Morgan fingerprint density at radius 2 is 2.00 bits per heavy atom. The third kappa shape index (κ3) is 5.19. The minimum atomic E-state index is -1.14. The van der Waals surface area contributed by atoms with Gasteiger partial charge in [-0.15, -0.1) is 0 Å². The van der Waals surface area contributed by atoms with Crippen molar-refractivity contribution >= 4 is 12.1 Å². The maximum Gasteiger partial charge on any atom is 0.410 e. The van der Waals surface area contributed by atoms with Crippen molar-refractivity contribution < 1.29 is 24.2 Å². The molecule has 138 valence electrons. The van der Waals surface area contributed by atoms with Gasteiger partial charge >= 0.3 is 6.09 Å². The first-order valence-corrected chi connectivity index (χ1v) is 8.48. The molecule has 0 unspecified atom stereocenters. The Balaban J connectivity index is 2.18. The minimum absolute atomic E-state index is 0.101.